The topological polar surface area (TPSA) is 20.2 Å². The van der Waals surface area contributed by atoms with Gasteiger partial charge in [-0.3, -0.25) is 0 Å². The van der Waals surface area contributed by atoms with Crippen LogP contribution >= 0.6 is 0 Å². The van der Waals surface area contributed by atoms with Gasteiger partial charge >= 0.3 is 0 Å². The van der Waals surface area contributed by atoms with E-state index in [1.54, 1.807) is 0 Å². The molecule has 0 bridgehead atoms. The van der Waals surface area contributed by atoms with Crippen LogP contribution in [-0.4, -0.2) is 5.11 Å². The maximum Gasteiger partial charge on any atom is 0.0681 e. The van der Waals surface area contributed by atoms with Gasteiger partial charge in [-0.15, -0.1) is 0 Å². The molecule has 1 N–H and O–H groups in total. The van der Waals surface area contributed by atoms with Gasteiger partial charge in [0.05, 0.1) is 6.61 Å². The van der Waals surface area contributed by atoms with Crippen molar-refractivity contribution < 1.29 is 5.11 Å². The SMILES string of the molecule is C[C](C)c1ccc(CO)cc1. The van der Waals surface area contributed by atoms with Gasteiger partial charge in [0.15, 0.2) is 0 Å². The third-order valence-corrected chi connectivity index (χ3v) is 1.71. The predicted molar refractivity (Wildman–Crippen MR) is 46.1 cm³/mol. The molecule has 0 spiro atoms. The molecule has 0 saturated heterocycles. The molecule has 0 aliphatic carbocycles. The second kappa shape index (κ2) is 3.54. The molecule has 1 aromatic carbocycles. The molecule has 0 atom stereocenters. The first-order valence-corrected chi connectivity index (χ1v) is 3.74. The van der Waals surface area contributed by atoms with Crippen molar-refractivity contribution in [1.82, 2.24) is 0 Å². The molecule has 59 valence electrons. The summed E-state index contributed by atoms with van der Waals surface area (Å²) in [6.45, 7) is 4.28. The first kappa shape index (κ1) is 8.28. The van der Waals surface area contributed by atoms with E-state index in [1.165, 1.54) is 11.5 Å². The molecule has 1 radical (unpaired) electrons. The highest BCUT2D eigenvalue weighted by atomic mass is 16.3. The normalized spacial score (nSPS) is 10.5. The zero-order valence-electron chi connectivity index (χ0n) is 6.96. The Morgan fingerprint density at radius 2 is 1.73 bits per heavy atom. The summed E-state index contributed by atoms with van der Waals surface area (Å²) in [5, 5.41) is 8.76. The van der Waals surface area contributed by atoms with Crippen LogP contribution < -0.4 is 0 Å². The molecule has 1 heteroatoms. The summed E-state index contributed by atoms with van der Waals surface area (Å²) in [5.41, 5.74) is 2.21. The van der Waals surface area contributed by atoms with E-state index in [-0.39, 0.29) is 6.61 Å². The van der Waals surface area contributed by atoms with Gasteiger partial charge < -0.3 is 5.11 Å². The van der Waals surface area contributed by atoms with Crippen LogP contribution in [0.2, 0.25) is 0 Å². The molecule has 1 nitrogen and oxygen atoms in total. The second-order valence-electron chi connectivity index (χ2n) is 2.86. The Kier molecular flexibility index (Phi) is 2.66. The Labute approximate surface area is 67.7 Å². The average molecular weight is 149 g/mol. The predicted octanol–water partition coefficient (Wildman–Crippen LogP) is 2.14. The van der Waals surface area contributed by atoms with Crippen molar-refractivity contribution in [3.8, 4) is 0 Å². The van der Waals surface area contributed by atoms with E-state index >= 15 is 0 Å². The van der Waals surface area contributed by atoms with E-state index in [2.05, 4.69) is 13.8 Å². The molecule has 11 heavy (non-hydrogen) atoms. The molecule has 1 aromatic rings. The van der Waals surface area contributed by atoms with E-state index in [0.29, 0.717) is 0 Å². The molecule has 1 rings (SSSR count). The Morgan fingerprint density at radius 1 is 1.18 bits per heavy atom. The van der Waals surface area contributed by atoms with E-state index in [9.17, 15) is 0 Å². The lowest BCUT2D eigenvalue weighted by Gasteiger charge is -2.04. The highest BCUT2D eigenvalue weighted by molar-refractivity contribution is 5.30. The van der Waals surface area contributed by atoms with Crippen LogP contribution in [-0.2, 0) is 6.61 Å². The molecule has 0 amide bonds. The third kappa shape index (κ3) is 2.05. The maximum absolute atomic E-state index is 8.76. The van der Waals surface area contributed by atoms with Crippen molar-refractivity contribution >= 4 is 0 Å². The molecule has 0 heterocycles. The molecule has 0 aromatic heterocycles. The van der Waals surface area contributed by atoms with E-state index in [0.717, 1.165) is 5.56 Å². The van der Waals surface area contributed by atoms with Crippen LogP contribution in [0, 0.1) is 5.92 Å². The van der Waals surface area contributed by atoms with Crippen molar-refractivity contribution in [2.24, 2.45) is 0 Å². The fraction of sp³-hybridized carbons (Fsp3) is 0.300. The lowest BCUT2D eigenvalue weighted by molar-refractivity contribution is 0.282. The van der Waals surface area contributed by atoms with Gasteiger partial charge in [-0.1, -0.05) is 38.1 Å². The fourth-order valence-electron chi connectivity index (χ4n) is 0.943. The minimum absolute atomic E-state index is 0.128. The molecular weight excluding hydrogens is 136 g/mol. The quantitative estimate of drug-likeness (QED) is 0.683. The van der Waals surface area contributed by atoms with Crippen molar-refractivity contribution in [1.29, 1.82) is 0 Å². The minimum Gasteiger partial charge on any atom is -0.392 e. The Balaban J connectivity index is 2.83. The lowest BCUT2D eigenvalue weighted by atomic mass is 10.0. The number of hydrogen-bond acceptors (Lipinski definition) is 1. The van der Waals surface area contributed by atoms with E-state index in [4.69, 9.17) is 5.11 Å². The molecule has 0 unspecified atom stereocenters. The van der Waals surface area contributed by atoms with Crippen LogP contribution in [0.15, 0.2) is 24.3 Å². The molecule has 0 saturated carbocycles. The van der Waals surface area contributed by atoms with Gasteiger partial charge in [-0.25, -0.2) is 0 Å². The summed E-state index contributed by atoms with van der Waals surface area (Å²) in [6, 6.07) is 7.95. The van der Waals surface area contributed by atoms with Crippen molar-refractivity contribution in [2.45, 2.75) is 20.5 Å². The second-order valence-corrected chi connectivity index (χ2v) is 2.86. The van der Waals surface area contributed by atoms with Crippen LogP contribution in [0.4, 0.5) is 0 Å². The summed E-state index contributed by atoms with van der Waals surface area (Å²) in [5.74, 6) is 1.30. The largest absolute Gasteiger partial charge is 0.392 e. The smallest absolute Gasteiger partial charge is 0.0681 e. The number of rotatable bonds is 2. The summed E-state index contributed by atoms with van der Waals surface area (Å²) in [7, 11) is 0. The number of hydrogen-bond donors (Lipinski definition) is 1. The minimum atomic E-state index is 0.128. The van der Waals surface area contributed by atoms with E-state index < -0.39 is 0 Å². The number of aliphatic hydroxyl groups excluding tert-OH is 1. The van der Waals surface area contributed by atoms with Crippen LogP contribution in [0.3, 0.4) is 0 Å². The Bertz CT molecular complexity index is 211. The first-order chi connectivity index (χ1) is 5.24. The van der Waals surface area contributed by atoms with Gasteiger partial charge in [-0.2, -0.15) is 0 Å². The molecular formula is C10H13O. The third-order valence-electron chi connectivity index (χ3n) is 1.71. The lowest BCUT2D eigenvalue weighted by Crippen LogP contribution is -1.89. The molecule has 0 aliphatic rings. The fourth-order valence-corrected chi connectivity index (χ4v) is 0.943. The monoisotopic (exact) mass is 149 g/mol. The summed E-state index contributed by atoms with van der Waals surface area (Å²) < 4.78 is 0. The highest BCUT2D eigenvalue weighted by Crippen LogP contribution is 2.13. The van der Waals surface area contributed by atoms with E-state index in [1.807, 2.05) is 24.3 Å². The van der Waals surface area contributed by atoms with Gasteiger partial charge in [0, 0.05) is 0 Å². The van der Waals surface area contributed by atoms with Crippen molar-refractivity contribution in [3.05, 3.63) is 41.3 Å². The summed E-state index contributed by atoms with van der Waals surface area (Å²) in [6.07, 6.45) is 0. The highest BCUT2D eigenvalue weighted by Gasteiger charge is 1.97. The Morgan fingerprint density at radius 3 is 2.09 bits per heavy atom. The number of benzene rings is 1. The van der Waals surface area contributed by atoms with Crippen LogP contribution in [0.25, 0.3) is 0 Å². The summed E-state index contributed by atoms with van der Waals surface area (Å²) in [4.78, 5) is 0. The van der Waals surface area contributed by atoms with Crippen molar-refractivity contribution in [2.75, 3.05) is 0 Å². The Hall–Kier alpha value is -0.820. The zero-order chi connectivity index (χ0) is 8.27. The zero-order valence-corrected chi connectivity index (χ0v) is 6.96. The number of aliphatic hydroxyl groups is 1. The van der Waals surface area contributed by atoms with Crippen LogP contribution in [0.5, 0.6) is 0 Å². The average Bonchev–Trinajstić information content (AvgIpc) is 2.05. The standard InChI is InChI=1S/C10H13O/c1-8(2)10-5-3-9(7-11)4-6-10/h3-6,11H,7H2,1-2H3. The van der Waals surface area contributed by atoms with Gasteiger partial charge in [0.2, 0.25) is 0 Å². The van der Waals surface area contributed by atoms with Crippen molar-refractivity contribution in [3.63, 3.8) is 0 Å². The summed E-state index contributed by atoms with van der Waals surface area (Å²) >= 11 is 0. The van der Waals surface area contributed by atoms with Gasteiger partial charge in [0.1, 0.15) is 0 Å². The first-order valence-electron chi connectivity index (χ1n) is 3.74. The van der Waals surface area contributed by atoms with Gasteiger partial charge in [0.25, 0.3) is 0 Å². The maximum atomic E-state index is 8.76. The van der Waals surface area contributed by atoms with Gasteiger partial charge in [-0.05, 0) is 17.0 Å². The molecule has 0 aliphatic heterocycles. The van der Waals surface area contributed by atoms with Crippen LogP contribution in [0.1, 0.15) is 25.0 Å². The molecule has 0 fully saturated rings.